The molecule has 6 nitrogen and oxygen atoms in total. The van der Waals surface area contributed by atoms with Gasteiger partial charge < -0.3 is 20.4 Å². The minimum Gasteiger partial charge on any atom is -0.475 e. The molecule has 0 spiro atoms. The lowest BCUT2D eigenvalue weighted by Crippen LogP contribution is -2.25. The van der Waals surface area contributed by atoms with E-state index in [1.54, 1.807) is 0 Å². The maximum Gasteiger partial charge on any atom is 0.490 e. The van der Waals surface area contributed by atoms with E-state index in [4.69, 9.17) is 15.0 Å². The monoisotopic (exact) mass is 387 g/mol. The van der Waals surface area contributed by atoms with Gasteiger partial charge in [-0.1, -0.05) is 0 Å². The fraction of sp³-hybridized carbons (Fsp3) is 0.667. The zero-order valence-electron chi connectivity index (χ0n) is 14.8. The van der Waals surface area contributed by atoms with Gasteiger partial charge in [0.25, 0.3) is 0 Å². The molecule has 150 valence electrons. The van der Waals surface area contributed by atoms with E-state index in [-0.39, 0.29) is 0 Å². The molecule has 27 heavy (non-hydrogen) atoms. The number of hydrogen-bond acceptors (Lipinski definition) is 5. The maximum atomic E-state index is 10.6. The Balaban J connectivity index is 0.000000260. The molecule has 0 bridgehead atoms. The topological polar surface area (TPSA) is 85.7 Å². The highest BCUT2D eigenvalue weighted by Crippen LogP contribution is 2.49. The van der Waals surface area contributed by atoms with Crippen LogP contribution in [0.2, 0.25) is 0 Å². The summed E-state index contributed by atoms with van der Waals surface area (Å²) < 4.78 is 31.7. The Morgan fingerprint density at radius 2 is 1.89 bits per heavy atom. The van der Waals surface area contributed by atoms with E-state index in [0.717, 1.165) is 18.3 Å². The first-order chi connectivity index (χ1) is 12.8. The Morgan fingerprint density at radius 1 is 1.26 bits per heavy atom. The van der Waals surface area contributed by atoms with Crippen molar-refractivity contribution in [3.63, 3.8) is 0 Å². The van der Waals surface area contributed by atoms with Crippen LogP contribution in [-0.4, -0.2) is 60.1 Å². The van der Waals surface area contributed by atoms with Gasteiger partial charge in [-0.3, -0.25) is 4.98 Å². The first-order valence-corrected chi connectivity index (χ1v) is 9.11. The molecule has 1 aliphatic carbocycles. The Hall–Kier alpha value is -1.87. The number of nitrogens with zero attached hydrogens (tertiary/aromatic N) is 2. The van der Waals surface area contributed by atoms with Crippen molar-refractivity contribution in [3.8, 4) is 0 Å². The Morgan fingerprint density at radius 3 is 2.44 bits per heavy atom. The molecule has 4 rings (SSSR count). The predicted octanol–water partition coefficient (Wildman–Crippen LogP) is 1.86. The van der Waals surface area contributed by atoms with Gasteiger partial charge in [-0.15, -0.1) is 0 Å². The minimum absolute atomic E-state index is 0.316. The lowest BCUT2D eigenvalue weighted by molar-refractivity contribution is -0.192. The van der Waals surface area contributed by atoms with Crippen LogP contribution in [0.15, 0.2) is 18.5 Å². The second-order valence-corrected chi connectivity index (χ2v) is 7.48. The van der Waals surface area contributed by atoms with Gasteiger partial charge in [-0.25, -0.2) is 4.79 Å². The summed E-state index contributed by atoms with van der Waals surface area (Å²) in [6.45, 7) is 5.02. The van der Waals surface area contributed by atoms with Gasteiger partial charge in [0.15, 0.2) is 0 Å². The molecule has 3 fully saturated rings. The average molecular weight is 387 g/mol. The molecule has 2 aliphatic heterocycles. The summed E-state index contributed by atoms with van der Waals surface area (Å²) in [4.78, 5) is 15.9. The Labute approximate surface area is 155 Å². The summed E-state index contributed by atoms with van der Waals surface area (Å²) in [6, 6.07) is 2.34. The van der Waals surface area contributed by atoms with Gasteiger partial charge in [0, 0.05) is 39.0 Å². The summed E-state index contributed by atoms with van der Waals surface area (Å²) in [7, 11) is 0. The van der Waals surface area contributed by atoms with E-state index < -0.39 is 12.1 Å². The van der Waals surface area contributed by atoms with Crippen molar-refractivity contribution in [3.05, 3.63) is 24.0 Å². The number of hydrogen-bond donors (Lipinski definition) is 3. The van der Waals surface area contributed by atoms with Gasteiger partial charge in [-0.2, -0.15) is 13.2 Å². The van der Waals surface area contributed by atoms with E-state index >= 15 is 0 Å². The number of aliphatic hydroxyl groups is 1. The summed E-state index contributed by atoms with van der Waals surface area (Å²) >= 11 is 0. The number of rotatable bonds is 4. The molecular weight excluding hydrogens is 363 g/mol. The molecule has 4 atom stereocenters. The number of fused-ring (bicyclic) bond motifs is 1. The summed E-state index contributed by atoms with van der Waals surface area (Å²) in [5.41, 5.74) is 2.67. The number of anilines is 1. The van der Waals surface area contributed by atoms with Gasteiger partial charge in [-0.05, 0) is 48.1 Å². The van der Waals surface area contributed by atoms with Crippen molar-refractivity contribution in [1.82, 2.24) is 10.3 Å². The molecule has 0 radical (unpaired) electrons. The van der Waals surface area contributed by atoms with Crippen LogP contribution in [0.4, 0.5) is 18.9 Å². The number of halogens is 3. The van der Waals surface area contributed by atoms with Crippen molar-refractivity contribution in [2.24, 2.45) is 17.8 Å². The molecular formula is C18H24F3N3O3. The number of carboxylic acid groups (broad SMARTS) is 1. The first-order valence-electron chi connectivity index (χ1n) is 9.11. The Bertz CT molecular complexity index is 659. The third-order valence-electron chi connectivity index (χ3n) is 5.59. The minimum atomic E-state index is -5.08. The van der Waals surface area contributed by atoms with E-state index in [2.05, 4.69) is 21.3 Å². The summed E-state index contributed by atoms with van der Waals surface area (Å²) in [5.74, 6) is 0.202. The molecule has 3 heterocycles. The molecule has 9 heteroatoms. The number of aliphatic carboxylic acids is 1. The zero-order valence-corrected chi connectivity index (χ0v) is 14.8. The van der Waals surface area contributed by atoms with E-state index in [1.165, 1.54) is 43.9 Å². The molecule has 1 saturated carbocycles. The standard InChI is InChI=1S/C16H23N3O.C2HF3O2/c20-2-1-11-4-16(11)12-3-15(8-18-5-12)19-9-13-6-17-7-14(13)10-19;3-2(4,5)1(6)7/h3,5,8,11,13-14,16-17,20H,1-2,4,6-7,9-10H2;(H,6,7)/t11-,13-,14+,16-;/m0./s1. The molecule has 0 amide bonds. The highest BCUT2D eigenvalue weighted by molar-refractivity contribution is 5.73. The van der Waals surface area contributed by atoms with E-state index in [1.807, 2.05) is 12.4 Å². The van der Waals surface area contributed by atoms with Crippen molar-refractivity contribution in [2.75, 3.05) is 37.7 Å². The van der Waals surface area contributed by atoms with Crippen LogP contribution < -0.4 is 10.2 Å². The second kappa shape index (κ2) is 8.02. The lowest BCUT2D eigenvalue weighted by atomic mass is 10.0. The van der Waals surface area contributed by atoms with Crippen LogP contribution in [0.25, 0.3) is 0 Å². The first kappa shape index (κ1) is 19.9. The number of aliphatic hydroxyl groups excluding tert-OH is 1. The number of aromatic nitrogens is 1. The van der Waals surface area contributed by atoms with E-state index in [9.17, 15) is 13.2 Å². The predicted molar refractivity (Wildman–Crippen MR) is 92.5 cm³/mol. The molecule has 2 saturated heterocycles. The lowest BCUT2D eigenvalue weighted by Gasteiger charge is -2.20. The van der Waals surface area contributed by atoms with Crippen molar-refractivity contribution in [1.29, 1.82) is 0 Å². The number of carboxylic acids is 1. The second-order valence-electron chi connectivity index (χ2n) is 7.48. The van der Waals surface area contributed by atoms with Crippen molar-refractivity contribution >= 4 is 11.7 Å². The SMILES string of the molecule is O=C(O)C(F)(F)F.OCC[C@H]1C[C@@H]1c1cncc(N2C[C@H]3CNC[C@H]3C2)c1. The fourth-order valence-corrected chi connectivity index (χ4v) is 4.03. The molecule has 3 aliphatic rings. The van der Waals surface area contributed by atoms with Crippen LogP contribution in [-0.2, 0) is 4.79 Å². The van der Waals surface area contributed by atoms with Gasteiger partial charge in [0.1, 0.15) is 0 Å². The van der Waals surface area contributed by atoms with Crippen LogP contribution in [0, 0.1) is 17.8 Å². The summed E-state index contributed by atoms with van der Waals surface area (Å²) in [6.07, 6.45) is 1.11. The molecule has 1 aromatic rings. The molecule has 3 N–H and O–H groups in total. The van der Waals surface area contributed by atoms with Gasteiger partial charge in [0.05, 0.1) is 11.9 Å². The average Bonchev–Trinajstić information content (AvgIpc) is 3.05. The molecule has 0 unspecified atom stereocenters. The van der Waals surface area contributed by atoms with Gasteiger partial charge in [0.2, 0.25) is 0 Å². The number of alkyl halides is 3. The quantitative estimate of drug-likeness (QED) is 0.731. The highest BCUT2D eigenvalue weighted by Gasteiger charge is 2.39. The van der Waals surface area contributed by atoms with Crippen LogP contribution >= 0.6 is 0 Å². The fourth-order valence-electron chi connectivity index (χ4n) is 4.03. The van der Waals surface area contributed by atoms with Crippen LogP contribution in [0.1, 0.15) is 24.3 Å². The highest BCUT2D eigenvalue weighted by atomic mass is 19.4. The van der Waals surface area contributed by atoms with Crippen molar-refractivity contribution < 1.29 is 28.2 Å². The van der Waals surface area contributed by atoms with Crippen LogP contribution in [0.5, 0.6) is 0 Å². The Kier molecular flexibility index (Phi) is 5.90. The molecule has 0 aromatic carbocycles. The molecule has 1 aromatic heterocycles. The summed E-state index contributed by atoms with van der Waals surface area (Å²) in [5, 5.41) is 19.6. The normalized spacial score (nSPS) is 29.1. The zero-order chi connectivity index (χ0) is 19.6. The third kappa shape index (κ3) is 4.90. The largest absolute Gasteiger partial charge is 0.490 e. The van der Waals surface area contributed by atoms with Crippen LogP contribution in [0.3, 0.4) is 0 Å². The smallest absolute Gasteiger partial charge is 0.475 e. The number of nitrogens with one attached hydrogen (secondary N) is 1. The maximum absolute atomic E-state index is 10.6. The third-order valence-corrected chi connectivity index (χ3v) is 5.59. The number of carbonyl (C=O) groups is 1. The van der Waals surface area contributed by atoms with Gasteiger partial charge >= 0.3 is 12.1 Å². The van der Waals surface area contributed by atoms with E-state index in [0.29, 0.717) is 18.4 Å². The van der Waals surface area contributed by atoms with Crippen molar-refractivity contribution in [2.45, 2.75) is 24.9 Å². The number of pyridine rings is 1.